The van der Waals surface area contributed by atoms with E-state index in [9.17, 15) is 9.59 Å². The van der Waals surface area contributed by atoms with Crippen LogP contribution in [0.1, 0.15) is 91.9 Å². The highest BCUT2D eigenvalue weighted by molar-refractivity contribution is 5.66. The fraction of sp³-hybridized carbons (Fsp3) is 0.900. The van der Waals surface area contributed by atoms with Crippen LogP contribution in [0, 0.1) is 23.7 Å². The lowest BCUT2D eigenvalue weighted by Crippen LogP contribution is -2.05. The van der Waals surface area contributed by atoms with Gasteiger partial charge in [0.15, 0.2) is 0 Å². The Kier molecular flexibility index (Phi) is 13.1. The van der Waals surface area contributed by atoms with Gasteiger partial charge < -0.3 is 9.90 Å². The van der Waals surface area contributed by atoms with Crippen LogP contribution in [0.2, 0.25) is 0 Å². The van der Waals surface area contributed by atoms with E-state index >= 15 is 0 Å². The summed E-state index contributed by atoms with van der Waals surface area (Å²) >= 11 is 0. The van der Waals surface area contributed by atoms with Crippen LogP contribution in [0.25, 0.3) is 0 Å². The summed E-state index contributed by atoms with van der Waals surface area (Å²) in [5, 5.41) is 8.75. The van der Waals surface area contributed by atoms with Gasteiger partial charge in [-0.3, -0.25) is 4.79 Å². The van der Waals surface area contributed by atoms with Gasteiger partial charge in [-0.15, -0.1) is 0 Å². The summed E-state index contributed by atoms with van der Waals surface area (Å²) in [5.74, 6) is 1.34. The van der Waals surface area contributed by atoms with Crippen molar-refractivity contribution in [3.8, 4) is 0 Å². The maximum absolute atomic E-state index is 10.6. The number of hydrogen-bond donors (Lipinski definition) is 1. The molecule has 1 N–H and O–H groups in total. The molecule has 0 bridgehead atoms. The summed E-state index contributed by atoms with van der Waals surface area (Å²) in [5.41, 5.74) is 0. The van der Waals surface area contributed by atoms with Crippen molar-refractivity contribution in [2.45, 2.75) is 91.9 Å². The molecule has 0 saturated heterocycles. The molecule has 0 aromatic carbocycles. The number of rotatable bonds is 15. The van der Waals surface area contributed by atoms with Gasteiger partial charge in [-0.05, 0) is 24.2 Å². The fourth-order valence-corrected chi connectivity index (χ4v) is 3.17. The van der Waals surface area contributed by atoms with Crippen LogP contribution in [-0.2, 0) is 9.59 Å². The molecule has 0 aromatic rings. The molecule has 0 spiro atoms. The summed E-state index contributed by atoms with van der Waals surface area (Å²) in [7, 11) is 0. The molecule has 3 nitrogen and oxygen atoms in total. The Balaban J connectivity index is 3.56. The molecule has 0 radical (unpaired) electrons. The molecule has 0 aliphatic carbocycles. The summed E-state index contributed by atoms with van der Waals surface area (Å²) in [6.07, 6.45) is 12.0. The van der Waals surface area contributed by atoms with Gasteiger partial charge in [-0.2, -0.15) is 0 Å². The molecule has 0 aliphatic heterocycles. The Morgan fingerprint density at radius 1 is 0.783 bits per heavy atom. The summed E-state index contributed by atoms with van der Waals surface area (Å²) in [6.45, 7) is 8.67. The predicted molar refractivity (Wildman–Crippen MR) is 96.5 cm³/mol. The molecule has 4 atom stereocenters. The van der Waals surface area contributed by atoms with Gasteiger partial charge in [-0.1, -0.05) is 79.1 Å². The van der Waals surface area contributed by atoms with Crippen molar-refractivity contribution in [2.75, 3.05) is 0 Å². The van der Waals surface area contributed by atoms with Crippen LogP contribution in [-0.4, -0.2) is 17.4 Å². The maximum atomic E-state index is 10.6. The first-order valence-corrected chi connectivity index (χ1v) is 9.52. The van der Waals surface area contributed by atoms with E-state index in [4.69, 9.17) is 5.11 Å². The van der Waals surface area contributed by atoms with E-state index < -0.39 is 5.97 Å². The molecular weight excluding hydrogens is 288 g/mol. The SMILES string of the molecule is CC(C=O)CCCC(C)CCCC(C)CCCC(C)CC(=O)O. The van der Waals surface area contributed by atoms with Crippen molar-refractivity contribution >= 4 is 12.3 Å². The van der Waals surface area contributed by atoms with Crippen LogP contribution in [0.5, 0.6) is 0 Å². The first-order chi connectivity index (χ1) is 10.8. The largest absolute Gasteiger partial charge is 0.481 e. The fourth-order valence-electron chi connectivity index (χ4n) is 3.17. The first kappa shape index (κ1) is 22.1. The Morgan fingerprint density at radius 2 is 1.17 bits per heavy atom. The van der Waals surface area contributed by atoms with Crippen molar-refractivity contribution in [1.29, 1.82) is 0 Å². The zero-order chi connectivity index (χ0) is 17.7. The molecular formula is C20H38O3. The van der Waals surface area contributed by atoms with Crippen LogP contribution in [0.15, 0.2) is 0 Å². The summed E-state index contributed by atoms with van der Waals surface area (Å²) < 4.78 is 0. The van der Waals surface area contributed by atoms with E-state index in [0.29, 0.717) is 12.3 Å². The second-order valence-corrected chi connectivity index (χ2v) is 7.82. The van der Waals surface area contributed by atoms with E-state index in [2.05, 4.69) is 13.8 Å². The van der Waals surface area contributed by atoms with E-state index in [1.54, 1.807) is 0 Å². The second-order valence-electron chi connectivity index (χ2n) is 7.82. The average Bonchev–Trinajstić information content (AvgIpc) is 2.46. The van der Waals surface area contributed by atoms with Crippen LogP contribution in [0.3, 0.4) is 0 Å². The Hall–Kier alpha value is -0.860. The van der Waals surface area contributed by atoms with Gasteiger partial charge in [-0.25, -0.2) is 0 Å². The molecule has 0 saturated carbocycles. The van der Waals surface area contributed by atoms with Gasteiger partial charge in [0, 0.05) is 12.3 Å². The van der Waals surface area contributed by atoms with Gasteiger partial charge in [0.2, 0.25) is 0 Å². The Morgan fingerprint density at radius 3 is 1.57 bits per heavy atom. The molecule has 136 valence electrons. The van der Waals surface area contributed by atoms with Crippen LogP contribution in [0.4, 0.5) is 0 Å². The average molecular weight is 327 g/mol. The van der Waals surface area contributed by atoms with E-state index in [-0.39, 0.29) is 5.92 Å². The highest BCUT2D eigenvalue weighted by Crippen LogP contribution is 2.22. The molecule has 0 rings (SSSR count). The molecule has 0 fully saturated rings. The van der Waals surface area contributed by atoms with E-state index in [0.717, 1.165) is 43.8 Å². The van der Waals surface area contributed by atoms with Crippen molar-refractivity contribution in [3.05, 3.63) is 0 Å². The van der Waals surface area contributed by atoms with E-state index in [1.165, 1.54) is 32.1 Å². The number of carboxylic acid groups (broad SMARTS) is 1. The quantitative estimate of drug-likeness (QED) is 0.392. The van der Waals surface area contributed by atoms with Gasteiger partial charge in [0.1, 0.15) is 6.29 Å². The standard InChI is InChI=1S/C20H38O3/c1-16(10-6-12-18(3)14-20(22)23)8-5-9-17(2)11-7-13-19(4)15-21/h15-19H,5-14H2,1-4H3,(H,22,23). The maximum Gasteiger partial charge on any atom is 0.303 e. The molecule has 0 aliphatic rings. The zero-order valence-electron chi connectivity index (χ0n) is 15.7. The lowest BCUT2D eigenvalue weighted by molar-refractivity contribution is -0.138. The van der Waals surface area contributed by atoms with Crippen molar-refractivity contribution < 1.29 is 14.7 Å². The van der Waals surface area contributed by atoms with Gasteiger partial charge in [0.25, 0.3) is 0 Å². The topological polar surface area (TPSA) is 54.4 Å². The lowest BCUT2D eigenvalue weighted by Gasteiger charge is -2.15. The minimum Gasteiger partial charge on any atom is -0.481 e. The minimum atomic E-state index is -0.679. The number of aldehydes is 1. The van der Waals surface area contributed by atoms with Crippen LogP contribution >= 0.6 is 0 Å². The first-order valence-electron chi connectivity index (χ1n) is 9.52. The van der Waals surface area contributed by atoms with Crippen molar-refractivity contribution in [1.82, 2.24) is 0 Å². The summed E-state index contributed by atoms with van der Waals surface area (Å²) in [4.78, 5) is 21.2. The van der Waals surface area contributed by atoms with Crippen molar-refractivity contribution in [2.24, 2.45) is 23.7 Å². The Bertz CT molecular complexity index is 314. The molecule has 4 unspecified atom stereocenters. The predicted octanol–water partition coefficient (Wildman–Crippen LogP) is 5.72. The third kappa shape index (κ3) is 14.5. The second kappa shape index (κ2) is 13.6. The molecule has 23 heavy (non-hydrogen) atoms. The number of carbonyl (C=O) groups excluding carboxylic acids is 1. The molecule has 0 heterocycles. The Labute approximate surface area is 143 Å². The third-order valence-electron chi connectivity index (χ3n) is 4.90. The smallest absolute Gasteiger partial charge is 0.303 e. The third-order valence-corrected chi connectivity index (χ3v) is 4.90. The normalized spacial score (nSPS) is 16.5. The highest BCUT2D eigenvalue weighted by Gasteiger charge is 2.10. The monoisotopic (exact) mass is 326 g/mol. The number of carboxylic acids is 1. The van der Waals surface area contributed by atoms with Gasteiger partial charge >= 0.3 is 5.97 Å². The zero-order valence-corrected chi connectivity index (χ0v) is 15.7. The van der Waals surface area contributed by atoms with Crippen molar-refractivity contribution in [3.63, 3.8) is 0 Å². The summed E-state index contributed by atoms with van der Waals surface area (Å²) in [6, 6.07) is 0. The van der Waals surface area contributed by atoms with E-state index in [1.807, 2.05) is 13.8 Å². The lowest BCUT2D eigenvalue weighted by atomic mass is 9.91. The molecule has 0 amide bonds. The molecule has 3 heteroatoms. The number of carbonyl (C=O) groups is 2. The number of aliphatic carboxylic acids is 1. The van der Waals surface area contributed by atoms with Crippen LogP contribution < -0.4 is 0 Å². The minimum absolute atomic E-state index is 0.214. The molecule has 0 aromatic heterocycles. The number of hydrogen-bond acceptors (Lipinski definition) is 2. The highest BCUT2D eigenvalue weighted by atomic mass is 16.4. The van der Waals surface area contributed by atoms with Gasteiger partial charge in [0.05, 0.1) is 0 Å².